The minimum atomic E-state index is -0.458. The van der Waals surface area contributed by atoms with Gasteiger partial charge in [-0.05, 0) is 61.5 Å². The number of fused-ring (bicyclic) bond motifs is 2. The Labute approximate surface area is 140 Å². The third kappa shape index (κ3) is 3.20. The Bertz CT molecular complexity index is 608. The largest absolute Gasteiger partial charge is 0.465 e. The SMILES string of the molecule is COC(=O)c1cc(NC(=S)N[C@@H]2C[C@@H]3CC[C@@H]2C3)ccc1Cl. The van der Waals surface area contributed by atoms with Crippen LogP contribution in [0.3, 0.4) is 0 Å². The molecule has 0 aliphatic heterocycles. The summed E-state index contributed by atoms with van der Waals surface area (Å²) in [6.07, 6.45) is 5.20. The summed E-state index contributed by atoms with van der Waals surface area (Å²) < 4.78 is 4.72. The summed E-state index contributed by atoms with van der Waals surface area (Å²) in [6.45, 7) is 0. The maximum absolute atomic E-state index is 11.7. The van der Waals surface area contributed by atoms with E-state index in [0.717, 1.165) is 17.5 Å². The van der Waals surface area contributed by atoms with Gasteiger partial charge in [0.1, 0.15) is 0 Å². The molecule has 0 saturated heterocycles. The summed E-state index contributed by atoms with van der Waals surface area (Å²) in [7, 11) is 1.33. The predicted molar refractivity (Wildman–Crippen MR) is 91.4 cm³/mol. The molecule has 0 spiro atoms. The normalized spacial score (nSPS) is 25.8. The Morgan fingerprint density at radius 2 is 2.18 bits per heavy atom. The molecule has 1 aromatic rings. The molecule has 2 fully saturated rings. The van der Waals surface area contributed by atoms with E-state index in [0.29, 0.717) is 21.7 Å². The molecule has 0 unspecified atom stereocenters. The summed E-state index contributed by atoms with van der Waals surface area (Å²) in [4.78, 5) is 11.7. The first-order valence-corrected chi connectivity index (χ1v) is 8.31. The molecular weight excluding hydrogens is 320 g/mol. The minimum absolute atomic E-state index is 0.330. The van der Waals surface area contributed by atoms with Crippen LogP contribution >= 0.6 is 23.8 Å². The van der Waals surface area contributed by atoms with E-state index in [4.69, 9.17) is 28.6 Å². The molecule has 3 atom stereocenters. The van der Waals surface area contributed by atoms with Crippen LogP contribution in [0.4, 0.5) is 5.69 Å². The van der Waals surface area contributed by atoms with E-state index < -0.39 is 5.97 Å². The zero-order valence-electron chi connectivity index (χ0n) is 12.4. The lowest BCUT2D eigenvalue weighted by Gasteiger charge is -2.24. The number of halogens is 1. The number of nitrogens with one attached hydrogen (secondary N) is 2. The van der Waals surface area contributed by atoms with E-state index >= 15 is 0 Å². The smallest absolute Gasteiger partial charge is 0.339 e. The van der Waals surface area contributed by atoms with Gasteiger partial charge in [0.25, 0.3) is 0 Å². The van der Waals surface area contributed by atoms with Crippen molar-refractivity contribution in [1.82, 2.24) is 5.32 Å². The first-order valence-electron chi connectivity index (χ1n) is 7.52. The van der Waals surface area contributed by atoms with E-state index in [9.17, 15) is 4.79 Å². The van der Waals surface area contributed by atoms with Crippen molar-refractivity contribution >= 4 is 40.6 Å². The van der Waals surface area contributed by atoms with Gasteiger partial charge in [-0.15, -0.1) is 0 Å². The summed E-state index contributed by atoms with van der Waals surface area (Å²) in [5, 5.41) is 7.49. The van der Waals surface area contributed by atoms with E-state index in [1.54, 1.807) is 18.2 Å². The second-order valence-electron chi connectivity index (χ2n) is 6.07. The molecule has 0 aromatic heterocycles. The number of benzene rings is 1. The Balaban J connectivity index is 1.63. The molecule has 4 nitrogen and oxygen atoms in total. The maximum Gasteiger partial charge on any atom is 0.339 e. The highest BCUT2D eigenvalue weighted by Gasteiger charge is 2.39. The second kappa shape index (κ2) is 6.42. The van der Waals surface area contributed by atoms with Crippen molar-refractivity contribution in [3.05, 3.63) is 28.8 Å². The summed E-state index contributed by atoms with van der Waals surface area (Å²) in [5.41, 5.74) is 1.06. The molecule has 6 heteroatoms. The standard InChI is InChI=1S/C16H19ClN2O2S/c1-21-15(20)12-8-11(4-5-13(12)17)18-16(22)19-14-7-9-2-3-10(14)6-9/h4-5,8-10,14H,2-3,6-7H2,1H3,(H2,18,19,22)/t9-,10-,14-/m1/s1. The minimum Gasteiger partial charge on any atom is -0.465 e. The Kier molecular flexibility index (Phi) is 4.54. The van der Waals surface area contributed by atoms with Crippen LogP contribution in [-0.2, 0) is 4.74 Å². The van der Waals surface area contributed by atoms with Gasteiger partial charge in [-0.25, -0.2) is 4.79 Å². The van der Waals surface area contributed by atoms with Gasteiger partial charge in [0.05, 0.1) is 17.7 Å². The molecule has 2 aliphatic carbocycles. The van der Waals surface area contributed by atoms with Gasteiger partial charge in [-0.1, -0.05) is 18.0 Å². The van der Waals surface area contributed by atoms with Crippen LogP contribution in [0, 0.1) is 11.8 Å². The van der Waals surface area contributed by atoms with Gasteiger partial charge < -0.3 is 15.4 Å². The van der Waals surface area contributed by atoms with Crippen LogP contribution in [0.15, 0.2) is 18.2 Å². The number of hydrogen-bond donors (Lipinski definition) is 2. The van der Waals surface area contributed by atoms with Crippen LogP contribution in [0.2, 0.25) is 5.02 Å². The summed E-state index contributed by atoms with van der Waals surface area (Å²) in [5.74, 6) is 1.16. The Morgan fingerprint density at radius 1 is 1.36 bits per heavy atom. The molecule has 2 saturated carbocycles. The molecule has 3 rings (SSSR count). The van der Waals surface area contributed by atoms with Gasteiger partial charge in [-0.3, -0.25) is 0 Å². The highest BCUT2D eigenvalue weighted by atomic mass is 35.5. The van der Waals surface area contributed by atoms with Crippen molar-refractivity contribution in [2.24, 2.45) is 11.8 Å². The lowest BCUT2D eigenvalue weighted by atomic mass is 9.96. The highest BCUT2D eigenvalue weighted by Crippen LogP contribution is 2.44. The van der Waals surface area contributed by atoms with E-state index in [1.807, 2.05) is 0 Å². The number of carbonyl (C=O) groups excluding carboxylic acids is 1. The molecule has 0 amide bonds. The summed E-state index contributed by atoms with van der Waals surface area (Å²) >= 11 is 11.4. The fraction of sp³-hybridized carbons (Fsp3) is 0.500. The third-order valence-corrected chi connectivity index (χ3v) is 5.23. The molecule has 118 valence electrons. The first-order chi connectivity index (χ1) is 10.6. The molecular formula is C16H19ClN2O2S. The molecule has 0 heterocycles. The van der Waals surface area contributed by atoms with Crippen molar-refractivity contribution in [1.29, 1.82) is 0 Å². The number of esters is 1. The topological polar surface area (TPSA) is 50.4 Å². The predicted octanol–water partition coefficient (Wildman–Crippen LogP) is 3.60. The lowest BCUT2D eigenvalue weighted by Crippen LogP contribution is -2.40. The Hall–Kier alpha value is -1.33. The van der Waals surface area contributed by atoms with Gasteiger partial charge in [0.2, 0.25) is 0 Å². The molecule has 1 aromatic carbocycles. The lowest BCUT2D eigenvalue weighted by molar-refractivity contribution is 0.0601. The van der Waals surface area contributed by atoms with Gasteiger partial charge >= 0.3 is 5.97 Å². The third-order valence-electron chi connectivity index (χ3n) is 4.68. The van der Waals surface area contributed by atoms with Crippen LogP contribution in [-0.4, -0.2) is 24.2 Å². The number of methoxy groups -OCH3 is 1. The van der Waals surface area contributed by atoms with Gasteiger partial charge in [-0.2, -0.15) is 0 Å². The zero-order chi connectivity index (χ0) is 15.7. The van der Waals surface area contributed by atoms with Crippen molar-refractivity contribution in [2.75, 3.05) is 12.4 Å². The number of anilines is 1. The van der Waals surface area contributed by atoms with Crippen LogP contribution < -0.4 is 10.6 Å². The number of thiocarbonyl (C=S) groups is 1. The number of ether oxygens (including phenoxy) is 1. The van der Waals surface area contributed by atoms with E-state index in [1.165, 1.54) is 32.8 Å². The molecule has 2 bridgehead atoms. The average Bonchev–Trinajstić information content (AvgIpc) is 3.11. The fourth-order valence-electron chi connectivity index (χ4n) is 3.63. The highest BCUT2D eigenvalue weighted by molar-refractivity contribution is 7.80. The van der Waals surface area contributed by atoms with Crippen LogP contribution in [0.1, 0.15) is 36.0 Å². The zero-order valence-corrected chi connectivity index (χ0v) is 14.0. The molecule has 0 radical (unpaired) electrons. The van der Waals surface area contributed by atoms with Crippen molar-refractivity contribution in [3.8, 4) is 0 Å². The maximum atomic E-state index is 11.7. The van der Waals surface area contributed by atoms with Crippen molar-refractivity contribution < 1.29 is 9.53 Å². The van der Waals surface area contributed by atoms with Gasteiger partial charge in [0, 0.05) is 11.7 Å². The monoisotopic (exact) mass is 338 g/mol. The van der Waals surface area contributed by atoms with Crippen LogP contribution in [0.5, 0.6) is 0 Å². The quantitative estimate of drug-likeness (QED) is 0.651. The number of rotatable bonds is 3. The average molecular weight is 339 g/mol. The number of carbonyl (C=O) groups is 1. The van der Waals surface area contributed by atoms with Crippen molar-refractivity contribution in [2.45, 2.75) is 31.7 Å². The first kappa shape index (κ1) is 15.6. The molecule has 2 aliphatic rings. The van der Waals surface area contributed by atoms with Gasteiger partial charge in [0.15, 0.2) is 5.11 Å². The van der Waals surface area contributed by atoms with E-state index in [2.05, 4.69) is 10.6 Å². The summed E-state index contributed by atoms with van der Waals surface area (Å²) in [6, 6.07) is 5.59. The van der Waals surface area contributed by atoms with Crippen molar-refractivity contribution in [3.63, 3.8) is 0 Å². The molecule has 2 N–H and O–H groups in total. The molecule has 22 heavy (non-hydrogen) atoms. The van der Waals surface area contributed by atoms with E-state index in [-0.39, 0.29) is 0 Å². The van der Waals surface area contributed by atoms with Crippen LogP contribution in [0.25, 0.3) is 0 Å². The fourth-order valence-corrected chi connectivity index (χ4v) is 4.09. The number of hydrogen-bond acceptors (Lipinski definition) is 3. The Morgan fingerprint density at radius 3 is 2.82 bits per heavy atom. The second-order valence-corrected chi connectivity index (χ2v) is 6.88.